The minimum absolute atomic E-state index is 0.0866. The number of carbonyl (C=O) groups excluding carboxylic acids is 1. The Morgan fingerprint density at radius 3 is 2.58 bits per heavy atom. The Morgan fingerprint density at radius 2 is 2.00 bits per heavy atom. The molecule has 1 spiro atoms. The molecule has 24 heavy (non-hydrogen) atoms. The molecule has 1 heterocycles. The van der Waals surface area contributed by atoms with Crippen LogP contribution in [0.25, 0.3) is 0 Å². The summed E-state index contributed by atoms with van der Waals surface area (Å²) in [6.45, 7) is 5.96. The third-order valence-corrected chi connectivity index (χ3v) is 6.88. The summed E-state index contributed by atoms with van der Waals surface area (Å²) in [6, 6.07) is 0. The van der Waals surface area contributed by atoms with Crippen molar-refractivity contribution in [2.24, 2.45) is 5.92 Å². The van der Waals surface area contributed by atoms with Gasteiger partial charge in [0.15, 0.2) is 0 Å². The molecule has 1 fully saturated rings. The number of esters is 1. The lowest BCUT2D eigenvalue weighted by molar-refractivity contribution is -0.137. The van der Waals surface area contributed by atoms with E-state index in [-0.39, 0.29) is 11.6 Å². The van der Waals surface area contributed by atoms with Crippen LogP contribution in [0.1, 0.15) is 41.5 Å². The number of hydrogen-bond donors (Lipinski definition) is 1. The van der Waals surface area contributed by atoms with Gasteiger partial charge in [-0.15, -0.1) is 11.8 Å². The first-order chi connectivity index (χ1) is 11.4. The van der Waals surface area contributed by atoms with Gasteiger partial charge in [0, 0.05) is 17.2 Å². The van der Waals surface area contributed by atoms with Crippen LogP contribution in [0.2, 0.25) is 0 Å². The van der Waals surface area contributed by atoms with Crippen LogP contribution < -0.4 is 4.74 Å². The molecule has 0 amide bonds. The van der Waals surface area contributed by atoms with E-state index in [1.54, 1.807) is 11.8 Å². The number of aromatic hydroxyl groups is 1. The lowest BCUT2D eigenvalue weighted by atomic mass is 9.67. The SMILES string of the molecule is COC(=O)CSCC1Cc2c(C)c(O)c(C)c(C)c2OC12CCC2. The number of phenolic OH excluding ortho intramolecular Hbond substituents is 1. The van der Waals surface area contributed by atoms with Gasteiger partial charge >= 0.3 is 5.97 Å². The largest absolute Gasteiger partial charge is 0.507 e. The zero-order valence-electron chi connectivity index (χ0n) is 14.9. The topological polar surface area (TPSA) is 55.8 Å². The Hall–Kier alpha value is -1.36. The summed E-state index contributed by atoms with van der Waals surface area (Å²) >= 11 is 1.62. The molecule has 2 aliphatic rings. The molecule has 0 aromatic heterocycles. The predicted octanol–water partition coefficient (Wildman–Crippen LogP) is 3.70. The molecule has 1 aliphatic carbocycles. The maximum absolute atomic E-state index is 11.4. The molecule has 1 unspecified atom stereocenters. The number of ether oxygens (including phenoxy) is 2. The number of methoxy groups -OCH3 is 1. The van der Waals surface area contributed by atoms with Crippen molar-refractivity contribution in [3.05, 3.63) is 22.3 Å². The van der Waals surface area contributed by atoms with Gasteiger partial charge in [0.25, 0.3) is 0 Å². The Labute approximate surface area is 147 Å². The Kier molecular flexibility index (Phi) is 4.73. The van der Waals surface area contributed by atoms with E-state index in [0.717, 1.165) is 53.0 Å². The first kappa shape index (κ1) is 17.5. The summed E-state index contributed by atoms with van der Waals surface area (Å²) in [6.07, 6.45) is 4.26. The van der Waals surface area contributed by atoms with Crippen molar-refractivity contribution in [1.82, 2.24) is 0 Å². The van der Waals surface area contributed by atoms with E-state index in [1.807, 2.05) is 20.8 Å². The molecule has 0 radical (unpaired) electrons. The number of fused-ring (bicyclic) bond motifs is 1. The molecular weight excluding hydrogens is 324 g/mol. The van der Waals surface area contributed by atoms with E-state index in [2.05, 4.69) is 0 Å². The molecule has 1 N–H and O–H groups in total. The first-order valence-electron chi connectivity index (χ1n) is 8.55. The van der Waals surface area contributed by atoms with Crippen molar-refractivity contribution in [3.8, 4) is 11.5 Å². The third-order valence-electron chi connectivity index (χ3n) is 5.81. The second kappa shape index (κ2) is 6.51. The van der Waals surface area contributed by atoms with Crippen LogP contribution in [-0.2, 0) is 16.0 Å². The summed E-state index contributed by atoms with van der Waals surface area (Å²) in [5.74, 6) is 2.82. The van der Waals surface area contributed by atoms with E-state index in [1.165, 1.54) is 13.5 Å². The molecule has 1 aliphatic heterocycles. The second-order valence-corrected chi connectivity index (χ2v) is 8.07. The second-order valence-electron chi connectivity index (χ2n) is 7.04. The number of benzene rings is 1. The van der Waals surface area contributed by atoms with E-state index in [9.17, 15) is 9.90 Å². The van der Waals surface area contributed by atoms with Gasteiger partial charge < -0.3 is 14.6 Å². The van der Waals surface area contributed by atoms with Gasteiger partial charge in [0.2, 0.25) is 0 Å². The maximum Gasteiger partial charge on any atom is 0.315 e. The van der Waals surface area contributed by atoms with Crippen LogP contribution in [0.5, 0.6) is 11.5 Å². The van der Waals surface area contributed by atoms with E-state index in [4.69, 9.17) is 9.47 Å². The van der Waals surface area contributed by atoms with Crippen LogP contribution in [0.15, 0.2) is 0 Å². The fourth-order valence-corrected chi connectivity index (χ4v) is 4.97. The highest BCUT2D eigenvalue weighted by atomic mass is 32.2. The van der Waals surface area contributed by atoms with E-state index in [0.29, 0.717) is 17.4 Å². The Bertz CT molecular complexity index is 664. The van der Waals surface area contributed by atoms with Gasteiger partial charge in [0.1, 0.15) is 17.1 Å². The first-order valence-corrected chi connectivity index (χ1v) is 9.70. The van der Waals surface area contributed by atoms with Crippen molar-refractivity contribution in [2.45, 2.75) is 52.1 Å². The zero-order valence-corrected chi connectivity index (χ0v) is 15.7. The summed E-state index contributed by atoms with van der Waals surface area (Å²) in [5.41, 5.74) is 3.96. The van der Waals surface area contributed by atoms with Crippen molar-refractivity contribution in [1.29, 1.82) is 0 Å². The fourth-order valence-electron chi connectivity index (χ4n) is 3.86. The number of phenols is 1. The predicted molar refractivity (Wildman–Crippen MR) is 96.1 cm³/mol. The fraction of sp³-hybridized carbons (Fsp3) is 0.632. The third kappa shape index (κ3) is 2.77. The quantitative estimate of drug-likeness (QED) is 0.839. The van der Waals surface area contributed by atoms with Crippen molar-refractivity contribution < 1.29 is 19.4 Å². The van der Waals surface area contributed by atoms with Gasteiger partial charge in [-0.2, -0.15) is 0 Å². The average molecular weight is 350 g/mol. The summed E-state index contributed by atoms with van der Waals surface area (Å²) < 4.78 is 11.3. The van der Waals surface area contributed by atoms with Gasteiger partial charge in [-0.25, -0.2) is 0 Å². The lowest BCUT2D eigenvalue weighted by Crippen LogP contribution is -2.54. The number of rotatable bonds is 4. The van der Waals surface area contributed by atoms with Crippen LogP contribution in [0.3, 0.4) is 0 Å². The van der Waals surface area contributed by atoms with Gasteiger partial charge in [-0.1, -0.05) is 0 Å². The molecular formula is C19H26O4S. The normalized spacial score (nSPS) is 20.9. The van der Waals surface area contributed by atoms with Crippen LogP contribution in [0, 0.1) is 26.7 Å². The van der Waals surface area contributed by atoms with E-state index >= 15 is 0 Å². The molecule has 3 rings (SSSR count). The highest BCUT2D eigenvalue weighted by Crippen LogP contribution is 2.52. The van der Waals surface area contributed by atoms with Crippen LogP contribution in [0.4, 0.5) is 0 Å². The highest BCUT2D eigenvalue weighted by molar-refractivity contribution is 7.99. The molecule has 0 bridgehead atoms. The monoisotopic (exact) mass is 350 g/mol. The van der Waals surface area contributed by atoms with Gasteiger partial charge in [0.05, 0.1) is 12.9 Å². The standard InChI is InChI=1S/C19H26O4S/c1-11-12(2)18-15(13(3)17(11)21)8-14(9-24-10-16(20)22-4)19(23-18)6-5-7-19/h14,21H,5-10H2,1-4H3. The van der Waals surface area contributed by atoms with Gasteiger partial charge in [-0.05, 0) is 63.1 Å². The van der Waals surface area contributed by atoms with Crippen molar-refractivity contribution in [2.75, 3.05) is 18.6 Å². The average Bonchev–Trinajstić information content (AvgIpc) is 2.55. The van der Waals surface area contributed by atoms with Crippen LogP contribution in [-0.4, -0.2) is 35.3 Å². The molecule has 5 heteroatoms. The van der Waals surface area contributed by atoms with Crippen molar-refractivity contribution >= 4 is 17.7 Å². The highest BCUT2D eigenvalue weighted by Gasteiger charge is 2.50. The van der Waals surface area contributed by atoms with Gasteiger partial charge in [-0.3, -0.25) is 4.79 Å². The van der Waals surface area contributed by atoms with Crippen LogP contribution >= 0.6 is 11.8 Å². The van der Waals surface area contributed by atoms with Crippen molar-refractivity contribution in [3.63, 3.8) is 0 Å². The smallest absolute Gasteiger partial charge is 0.315 e. The number of carbonyl (C=O) groups is 1. The molecule has 4 nitrogen and oxygen atoms in total. The molecule has 132 valence electrons. The number of thioether (sulfide) groups is 1. The summed E-state index contributed by atoms with van der Waals surface area (Å²) in [4.78, 5) is 11.4. The molecule has 1 atom stereocenters. The zero-order chi connectivity index (χ0) is 17.5. The molecule has 1 aromatic carbocycles. The minimum atomic E-state index is -0.180. The molecule has 1 saturated carbocycles. The molecule has 1 aromatic rings. The minimum Gasteiger partial charge on any atom is -0.507 e. The molecule has 0 saturated heterocycles. The lowest BCUT2D eigenvalue weighted by Gasteiger charge is -2.51. The summed E-state index contributed by atoms with van der Waals surface area (Å²) in [7, 11) is 1.42. The Morgan fingerprint density at radius 1 is 1.29 bits per heavy atom. The maximum atomic E-state index is 11.4. The number of hydrogen-bond acceptors (Lipinski definition) is 5. The summed E-state index contributed by atoms with van der Waals surface area (Å²) in [5, 5.41) is 10.4. The Balaban J connectivity index is 1.87. The van der Waals surface area contributed by atoms with E-state index < -0.39 is 0 Å².